The number of carboxylic acids is 1. The van der Waals surface area contributed by atoms with Crippen LogP contribution in [0, 0.1) is 5.92 Å². The van der Waals surface area contributed by atoms with Crippen LogP contribution >= 0.6 is 0 Å². The minimum absolute atomic E-state index is 0.0564. The van der Waals surface area contributed by atoms with E-state index < -0.39 is 11.9 Å². The van der Waals surface area contributed by atoms with Crippen LogP contribution in [0.25, 0.3) is 0 Å². The summed E-state index contributed by atoms with van der Waals surface area (Å²) in [5.41, 5.74) is 1.98. The van der Waals surface area contributed by atoms with Crippen molar-refractivity contribution in [1.29, 1.82) is 0 Å². The molecule has 1 saturated heterocycles. The third-order valence-corrected chi connectivity index (χ3v) is 7.99. The minimum Gasteiger partial charge on any atom is -0.493 e. The highest BCUT2D eigenvalue weighted by Crippen LogP contribution is 2.41. The van der Waals surface area contributed by atoms with E-state index >= 15 is 0 Å². The molecule has 206 valence electrons. The van der Waals surface area contributed by atoms with Crippen molar-refractivity contribution in [1.82, 2.24) is 14.4 Å². The molecule has 1 amide bonds. The lowest BCUT2D eigenvalue weighted by atomic mass is 9.83. The van der Waals surface area contributed by atoms with Crippen molar-refractivity contribution in [3.8, 4) is 5.75 Å². The van der Waals surface area contributed by atoms with Gasteiger partial charge in [0.2, 0.25) is 11.5 Å². The Balaban J connectivity index is 1.61. The van der Waals surface area contributed by atoms with Crippen LogP contribution < -0.4 is 10.3 Å². The highest BCUT2D eigenvalue weighted by atomic mass is 16.5. The molecule has 8 heteroatoms. The van der Waals surface area contributed by atoms with Crippen molar-refractivity contribution in [3.63, 3.8) is 0 Å². The Kier molecular flexibility index (Phi) is 9.61. The second kappa shape index (κ2) is 13.1. The summed E-state index contributed by atoms with van der Waals surface area (Å²) >= 11 is 0. The molecule has 1 unspecified atom stereocenters. The van der Waals surface area contributed by atoms with Crippen molar-refractivity contribution in [3.05, 3.63) is 64.1 Å². The average Bonchev–Trinajstić information content (AvgIpc) is 3.52. The topological polar surface area (TPSA) is 92.1 Å². The van der Waals surface area contributed by atoms with E-state index in [1.807, 2.05) is 17.0 Å². The SMILES string of the molecule is CCCCN(CCCC)C(=O)CN1C[C@H](c2ccc3c(c2)CCO3)C(C(=O)O)[C@@H]1CCn1ccccc1=O. The molecule has 2 aromatic rings. The first kappa shape index (κ1) is 27.9. The van der Waals surface area contributed by atoms with E-state index in [0.29, 0.717) is 26.1 Å². The Morgan fingerprint density at radius 3 is 2.55 bits per heavy atom. The summed E-state index contributed by atoms with van der Waals surface area (Å²) in [5.74, 6) is -0.860. The van der Waals surface area contributed by atoms with Gasteiger partial charge >= 0.3 is 5.97 Å². The molecular formula is C30H41N3O5. The lowest BCUT2D eigenvalue weighted by molar-refractivity contribution is -0.144. The maximum absolute atomic E-state index is 13.5. The van der Waals surface area contributed by atoms with Gasteiger partial charge in [-0.25, -0.2) is 0 Å². The smallest absolute Gasteiger partial charge is 0.308 e. The van der Waals surface area contributed by atoms with Gasteiger partial charge < -0.3 is 19.3 Å². The Morgan fingerprint density at radius 2 is 1.87 bits per heavy atom. The number of fused-ring (bicyclic) bond motifs is 1. The molecule has 1 aromatic carbocycles. The predicted molar refractivity (Wildman–Crippen MR) is 147 cm³/mol. The molecule has 2 aliphatic heterocycles. The summed E-state index contributed by atoms with van der Waals surface area (Å²) in [6.45, 7) is 7.42. The number of aliphatic carboxylic acids is 1. The lowest BCUT2D eigenvalue weighted by Gasteiger charge is -2.30. The van der Waals surface area contributed by atoms with Gasteiger partial charge in [-0.1, -0.05) is 44.9 Å². The number of benzene rings is 1. The number of aryl methyl sites for hydroxylation is 1. The number of rotatable bonds is 13. The molecule has 3 atom stereocenters. The first-order chi connectivity index (χ1) is 18.4. The quantitative estimate of drug-likeness (QED) is 0.430. The normalized spacial score (nSPS) is 20.7. The second-order valence-electron chi connectivity index (χ2n) is 10.5. The molecule has 38 heavy (non-hydrogen) atoms. The molecule has 0 radical (unpaired) electrons. The molecule has 0 spiro atoms. The van der Waals surface area contributed by atoms with Crippen LogP contribution in [-0.4, -0.2) is 70.2 Å². The Bertz CT molecular complexity index is 1150. The number of hydrogen-bond donors (Lipinski definition) is 1. The fourth-order valence-electron chi connectivity index (χ4n) is 5.88. The van der Waals surface area contributed by atoms with Crippen molar-refractivity contribution in [2.45, 2.75) is 70.9 Å². The number of pyridine rings is 1. The van der Waals surface area contributed by atoms with Crippen LogP contribution in [0.2, 0.25) is 0 Å². The van der Waals surface area contributed by atoms with Gasteiger partial charge in [-0.05, 0) is 42.5 Å². The van der Waals surface area contributed by atoms with E-state index in [4.69, 9.17) is 4.74 Å². The van der Waals surface area contributed by atoms with Gasteiger partial charge in [-0.2, -0.15) is 0 Å². The summed E-state index contributed by atoms with van der Waals surface area (Å²) in [4.78, 5) is 42.6. The van der Waals surface area contributed by atoms with Gasteiger partial charge in [-0.3, -0.25) is 19.3 Å². The molecule has 0 bridgehead atoms. The van der Waals surface area contributed by atoms with Crippen LogP contribution in [0.15, 0.2) is 47.4 Å². The first-order valence-electron chi connectivity index (χ1n) is 14.1. The number of ether oxygens (including phenoxy) is 1. The average molecular weight is 524 g/mol. The summed E-state index contributed by atoms with van der Waals surface area (Å²) in [7, 11) is 0. The van der Waals surface area contributed by atoms with Gasteiger partial charge in [0.1, 0.15) is 5.75 Å². The molecule has 4 rings (SSSR count). The highest BCUT2D eigenvalue weighted by Gasteiger charge is 2.47. The maximum Gasteiger partial charge on any atom is 0.308 e. The van der Waals surface area contributed by atoms with E-state index in [9.17, 15) is 19.5 Å². The zero-order valence-electron chi connectivity index (χ0n) is 22.7. The maximum atomic E-state index is 13.5. The second-order valence-corrected chi connectivity index (χ2v) is 10.5. The summed E-state index contributed by atoms with van der Waals surface area (Å²) in [6, 6.07) is 10.7. The van der Waals surface area contributed by atoms with Crippen molar-refractivity contribution in [2.24, 2.45) is 5.92 Å². The molecule has 3 heterocycles. The molecule has 1 aromatic heterocycles. The molecule has 2 aliphatic rings. The van der Waals surface area contributed by atoms with E-state index in [1.165, 1.54) is 6.07 Å². The van der Waals surface area contributed by atoms with Gasteiger partial charge in [0.15, 0.2) is 0 Å². The number of carbonyl (C=O) groups is 2. The molecular weight excluding hydrogens is 482 g/mol. The van der Waals surface area contributed by atoms with Gasteiger partial charge in [0.05, 0.1) is 19.1 Å². The number of carbonyl (C=O) groups excluding carboxylic acids is 1. The van der Waals surface area contributed by atoms with E-state index in [1.54, 1.807) is 22.9 Å². The fourth-order valence-corrected chi connectivity index (χ4v) is 5.88. The van der Waals surface area contributed by atoms with Gasteiger partial charge in [0, 0.05) is 56.8 Å². The van der Waals surface area contributed by atoms with Crippen molar-refractivity contribution in [2.75, 3.05) is 32.8 Å². The largest absolute Gasteiger partial charge is 0.493 e. The molecule has 8 nitrogen and oxygen atoms in total. The Labute approximate surface area is 225 Å². The zero-order chi connectivity index (χ0) is 27.1. The molecule has 1 N–H and O–H groups in total. The number of aromatic nitrogens is 1. The van der Waals surface area contributed by atoms with Crippen LogP contribution in [0.4, 0.5) is 0 Å². The van der Waals surface area contributed by atoms with Crippen molar-refractivity contribution < 1.29 is 19.4 Å². The monoisotopic (exact) mass is 523 g/mol. The fraction of sp³-hybridized carbons (Fsp3) is 0.567. The molecule has 0 saturated carbocycles. The Morgan fingerprint density at radius 1 is 1.11 bits per heavy atom. The van der Waals surface area contributed by atoms with Gasteiger partial charge in [-0.15, -0.1) is 0 Å². The number of nitrogens with zero attached hydrogens (tertiary/aromatic N) is 3. The van der Waals surface area contributed by atoms with Crippen LogP contribution in [0.1, 0.15) is 63.0 Å². The summed E-state index contributed by atoms with van der Waals surface area (Å²) in [5, 5.41) is 10.4. The third kappa shape index (κ3) is 6.46. The predicted octanol–water partition coefficient (Wildman–Crippen LogP) is 3.77. The van der Waals surface area contributed by atoms with Crippen LogP contribution in [0.3, 0.4) is 0 Å². The van der Waals surface area contributed by atoms with Crippen LogP contribution in [0.5, 0.6) is 5.75 Å². The Hall–Kier alpha value is -3.13. The number of hydrogen-bond acceptors (Lipinski definition) is 5. The number of carboxylic acid groups (broad SMARTS) is 1. The van der Waals surface area contributed by atoms with Crippen molar-refractivity contribution >= 4 is 11.9 Å². The minimum atomic E-state index is -0.860. The van der Waals surface area contributed by atoms with Crippen LogP contribution in [-0.2, 0) is 22.6 Å². The highest BCUT2D eigenvalue weighted by molar-refractivity contribution is 5.79. The molecule has 1 fully saturated rings. The zero-order valence-corrected chi connectivity index (χ0v) is 22.7. The summed E-state index contributed by atoms with van der Waals surface area (Å²) in [6.07, 6.45) is 6.96. The standard InChI is InChI=1S/C30H41N3O5/c1-3-5-14-31(15-6-4-2)28(35)21-33-20-24(22-10-11-26-23(19-22)13-18-38-26)29(30(36)37)25(33)12-17-32-16-8-7-9-27(32)34/h7-11,16,19,24-25,29H,3-6,12-15,17-18,20-21H2,1-2H3,(H,36,37)/t24-,25+,29?/m1/s1. The van der Waals surface area contributed by atoms with E-state index in [-0.39, 0.29) is 30.0 Å². The third-order valence-electron chi connectivity index (χ3n) is 7.99. The lowest BCUT2D eigenvalue weighted by Crippen LogP contribution is -2.45. The number of unbranched alkanes of at least 4 members (excludes halogenated alkanes) is 2. The first-order valence-corrected chi connectivity index (χ1v) is 14.1. The number of likely N-dealkylation sites (tertiary alicyclic amines) is 1. The van der Waals surface area contributed by atoms with E-state index in [0.717, 1.165) is 62.1 Å². The molecule has 0 aliphatic carbocycles. The van der Waals surface area contributed by atoms with E-state index in [2.05, 4.69) is 24.8 Å². The number of amides is 1. The summed E-state index contributed by atoms with van der Waals surface area (Å²) < 4.78 is 7.28. The van der Waals surface area contributed by atoms with Gasteiger partial charge in [0.25, 0.3) is 0 Å².